The van der Waals surface area contributed by atoms with Crippen LogP contribution in [-0.2, 0) is 0 Å². The molecule has 0 radical (unpaired) electrons. The van der Waals surface area contributed by atoms with Crippen LogP contribution in [0.2, 0.25) is 0 Å². The average Bonchev–Trinajstić information content (AvgIpc) is 2.50. The summed E-state index contributed by atoms with van der Waals surface area (Å²) in [5, 5.41) is 12.3. The summed E-state index contributed by atoms with van der Waals surface area (Å²) < 4.78 is 44.4. The van der Waals surface area contributed by atoms with Gasteiger partial charge in [0.15, 0.2) is 17.5 Å². The topological polar surface area (TPSA) is 41.5 Å². The van der Waals surface area contributed by atoms with Gasteiger partial charge < -0.3 is 15.2 Å². The van der Waals surface area contributed by atoms with E-state index in [1.165, 1.54) is 7.11 Å². The maximum atomic E-state index is 13.2. The van der Waals surface area contributed by atoms with E-state index in [0.29, 0.717) is 11.4 Å². The number of aliphatic hydroxyl groups is 1. The molecule has 0 aliphatic carbocycles. The van der Waals surface area contributed by atoms with Crippen molar-refractivity contribution >= 4 is 5.69 Å². The second kappa shape index (κ2) is 6.49. The highest BCUT2D eigenvalue weighted by atomic mass is 19.2. The Morgan fingerprint density at radius 2 is 1.67 bits per heavy atom. The van der Waals surface area contributed by atoms with Crippen molar-refractivity contribution in [2.45, 2.75) is 6.04 Å². The van der Waals surface area contributed by atoms with Crippen LogP contribution in [0.4, 0.5) is 18.9 Å². The van der Waals surface area contributed by atoms with Crippen LogP contribution >= 0.6 is 0 Å². The monoisotopic (exact) mass is 297 g/mol. The number of rotatable bonds is 5. The van der Waals surface area contributed by atoms with Gasteiger partial charge in [-0.3, -0.25) is 0 Å². The first-order valence-electron chi connectivity index (χ1n) is 6.21. The van der Waals surface area contributed by atoms with Crippen LogP contribution in [0.5, 0.6) is 5.75 Å². The second-order valence-corrected chi connectivity index (χ2v) is 4.41. The minimum absolute atomic E-state index is 0.115. The number of hydrogen-bond acceptors (Lipinski definition) is 3. The van der Waals surface area contributed by atoms with Gasteiger partial charge in [0.1, 0.15) is 5.75 Å². The van der Waals surface area contributed by atoms with Crippen LogP contribution < -0.4 is 10.1 Å². The molecule has 0 aliphatic rings. The third-order valence-corrected chi connectivity index (χ3v) is 3.02. The Labute approximate surface area is 120 Å². The van der Waals surface area contributed by atoms with Gasteiger partial charge in [0, 0.05) is 5.69 Å². The van der Waals surface area contributed by atoms with E-state index in [1.807, 2.05) is 0 Å². The highest BCUT2D eigenvalue weighted by Gasteiger charge is 2.17. The predicted octanol–water partition coefficient (Wildman–Crippen LogP) is 3.26. The summed E-state index contributed by atoms with van der Waals surface area (Å²) in [5.74, 6) is -3.46. The summed E-state index contributed by atoms with van der Waals surface area (Å²) in [6.07, 6.45) is 0. The molecule has 0 fully saturated rings. The number of nitrogens with one attached hydrogen (secondary N) is 1. The van der Waals surface area contributed by atoms with Gasteiger partial charge in [-0.1, -0.05) is 0 Å². The van der Waals surface area contributed by atoms with Crippen molar-refractivity contribution in [1.29, 1.82) is 0 Å². The summed E-state index contributed by atoms with van der Waals surface area (Å²) >= 11 is 0. The lowest BCUT2D eigenvalue weighted by Gasteiger charge is -2.18. The first kappa shape index (κ1) is 15.2. The lowest BCUT2D eigenvalue weighted by Crippen LogP contribution is -2.15. The number of anilines is 1. The van der Waals surface area contributed by atoms with E-state index >= 15 is 0 Å². The largest absolute Gasteiger partial charge is 0.497 e. The van der Waals surface area contributed by atoms with Crippen LogP contribution in [-0.4, -0.2) is 18.8 Å². The molecule has 21 heavy (non-hydrogen) atoms. The molecule has 112 valence electrons. The molecule has 0 aliphatic heterocycles. The van der Waals surface area contributed by atoms with E-state index < -0.39 is 30.1 Å². The zero-order chi connectivity index (χ0) is 15.4. The molecule has 2 aromatic carbocycles. The number of aliphatic hydroxyl groups excluding tert-OH is 1. The van der Waals surface area contributed by atoms with Crippen molar-refractivity contribution in [2.75, 3.05) is 19.0 Å². The van der Waals surface area contributed by atoms with E-state index in [2.05, 4.69) is 5.32 Å². The van der Waals surface area contributed by atoms with Crippen molar-refractivity contribution in [3.8, 4) is 5.75 Å². The summed E-state index contributed by atoms with van der Waals surface area (Å²) in [5.41, 5.74) is 0.740. The van der Waals surface area contributed by atoms with E-state index in [9.17, 15) is 18.3 Å². The SMILES string of the molecule is COc1ccc(NC(CO)c2cc(F)c(F)c(F)c2)cc1. The molecule has 0 heterocycles. The molecule has 2 N–H and O–H groups in total. The molecule has 2 rings (SSSR count). The van der Waals surface area contributed by atoms with Crippen molar-refractivity contribution in [1.82, 2.24) is 0 Å². The zero-order valence-electron chi connectivity index (χ0n) is 11.2. The fourth-order valence-corrected chi connectivity index (χ4v) is 1.90. The fraction of sp³-hybridized carbons (Fsp3) is 0.200. The molecular formula is C15H14F3NO2. The van der Waals surface area contributed by atoms with E-state index in [1.54, 1.807) is 24.3 Å². The maximum absolute atomic E-state index is 13.2. The molecule has 0 amide bonds. The summed E-state index contributed by atoms with van der Waals surface area (Å²) in [6.45, 7) is -0.406. The van der Waals surface area contributed by atoms with Gasteiger partial charge in [0.2, 0.25) is 0 Å². The molecule has 2 aromatic rings. The zero-order valence-corrected chi connectivity index (χ0v) is 11.2. The summed E-state index contributed by atoms with van der Waals surface area (Å²) in [4.78, 5) is 0. The van der Waals surface area contributed by atoms with Gasteiger partial charge in [-0.2, -0.15) is 0 Å². The van der Waals surface area contributed by atoms with Crippen molar-refractivity contribution in [3.05, 3.63) is 59.4 Å². The van der Waals surface area contributed by atoms with Gasteiger partial charge in [-0.05, 0) is 42.0 Å². The van der Waals surface area contributed by atoms with Crippen molar-refractivity contribution < 1.29 is 23.0 Å². The third kappa shape index (κ3) is 3.46. The maximum Gasteiger partial charge on any atom is 0.194 e. The quantitative estimate of drug-likeness (QED) is 0.832. The van der Waals surface area contributed by atoms with E-state index in [-0.39, 0.29) is 5.56 Å². The molecule has 0 spiro atoms. The molecule has 3 nitrogen and oxygen atoms in total. The predicted molar refractivity (Wildman–Crippen MR) is 72.8 cm³/mol. The van der Waals surface area contributed by atoms with Crippen molar-refractivity contribution in [2.24, 2.45) is 0 Å². The van der Waals surface area contributed by atoms with Gasteiger partial charge in [-0.25, -0.2) is 13.2 Å². The molecule has 0 saturated heterocycles. The Morgan fingerprint density at radius 3 is 2.14 bits per heavy atom. The lowest BCUT2D eigenvalue weighted by molar-refractivity contribution is 0.275. The Balaban J connectivity index is 2.23. The van der Waals surface area contributed by atoms with E-state index in [0.717, 1.165) is 12.1 Å². The van der Waals surface area contributed by atoms with Crippen LogP contribution in [0.25, 0.3) is 0 Å². The Hall–Kier alpha value is -2.21. The fourth-order valence-electron chi connectivity index (χ4n) is 1.90. The summed E-state index contributed by atoms with van der Waals surface area (Å²) in [7, 11) is 1.53. The smallest absolute Gasteiger partial charge is 0.194 e. The molecule has 6 heteroatoms. The van der Waals surface area contributed by atoms with Gasteiger partial charge in [-0.15, -0.1) is 0 Å². The number of halogens is 3. The van der Waals surface area contributed by atoms with Crippen LogP contribution in [0.3, 0.4) is 0 Å². The minimum Gasteiger partial charge on any atom is -0.497 e. The molecular weight excluding hydrogens is 283 g/mol. The number of methoxy groups -OCH3 is 1. The number of hydrogen-bond donors (Lipinski definition) is 2. The van der Waals surface area contributed by atoms with Crippen LogP contribution in [0.15, 0.2) is 36.4 Å². The Bertz CT molecular complexity index is 594. The Kier molecular flexibility index (Phi) is 4.70. The molecule has 1 unspecified atom stereocenters. The standard InChI is InChI=1S/C15H14F3NO2/c1-21-11-4-2-10(3-5-11)19-14(8-20)9-6-12(16)15(18)13(17)7-9/h2-7,14,19-20H,8H2,1H3. The first-order chi connectivity index (χ1) is 10.0. The van der Waals surface area contributed by atoms with E-state index in [4.69, 9.17) is 4.74 Å². The van der Waals surface area contributed by atoms with Gasteiger partial charge in [0.25, 0.3) is 0 Å². The lowest BCUT2D eigenvalue weighted by atomic mass is 10.1. The van der Waals surface area contributed by atoms with Crippen LogP contribution in [0.1, 0.15) is 11.6 Å². The van der Waals surface area contributed by atoms with Crippen molar-refractivity contribution in [3.63, 3.8) is 0 Å². The normalized spacial score (nSPS) is 12.0. The molecule has 1 atom stereocenters. The molecule has 0 aromatic heterocycles. The second-order valence-electron chi connectivity index (χ2n) is 4.41. The van der Waals surface area contributed by atoms with Crippen LogP contribution in [0, 0.1) is 17.5 Å². The number of benzene rings is 2. The summed E-state index contributed by atoms with van der Waals surface area (Å²) in [6, 6.07) is 7.73. The first-order valence-corrected chi connectivity index (χ1v) is 6.21. The molecule has 0 saturated carbocycles. The third-order valence-electron chi connectivity index (χ3n) is 3.02. The molecule has 0 bridgehead atoms. The van der Waals surface area contributed by atoms with Gasteiger partial charge >= 0.3 is 0 Å². The highest BCUT2D eigenvalue weighted by molar-refractivity contribution is 5.48. The minimum atomic E-state index is -1.53. The Morgan fingerprint density at radius 1 is 1.10 bits per heavy atom. The van der Waals surface area contributed by atoms with Gasteiger partial charge in [0.05, 0.1) is 19.8 Å². The highest BCUT2D eigenvalue weighted by Crippen LogP contribution is 2.24. The number of ether oxygens (including phenoxy) is 1. The average molecular weight is 297 g/mol.